The van der Waals surface area contributed by atoms with Gasteiger partial charge in [0.15, 0.2) is 5.58 Å². The maximum absolute atomic E-state index is 8.46. The Balaban J connectivity index is 0.00000162. The van der Waals surface area contributed by atoms with E-state index in [1.807, 2.05) is 6.07 Å². The predicted octanol–water partition coefficient (Wildman–Crippen LogP) is 2.52. The average Bonchev–Trinajstić information content (AvgIpc) is 2.69. The summed E-state index contributed by atoms with van der Waals surface area (Å²) in [4.78, 5) is 0. The molecule has 5 nitrogen and oxygen atoms in total. The summed E-state index contributed by atoms with van der Waals surface area (Å²) in [7, 11) is 0. The zero-order valence-corrected chi connectivity index (χ0v) is 10.9. The highest BCUT2D eigenvalue weighted by molar-refractivity contribution is 6.31. The standard InChI is InChI=1S/C11H10ClN3O2.ClH/c12-7-1-2-10-9(5-7)11(15-17-10)16-6-8(14)3-4-13;/h1-2,5,8H,3,6,14H2;1H. The Morgan fingerprint density at radius 2 is 2.33 bits per heavy atom. The van der Waals surface area contributed by atoms with Crippen molar-refractivity contribution in [3.05, 3.63) is 23.2 Å². The van der Waals surface area contributed by atoms with Crippen molar-refractivity contribution in [2.24, 2.45) is 5.73 Å². The van der Waals surface area contributed by atoms with Gasteiger partial charge in [0, 0.05) is 5.02 Å². The monoisotopic (exact) mass is 287 g/mol. The molecule has 2 N–H and O–H groups in total. The van der Waals surface area contributed by atoms with Gasteiger partial charge in [-0.1, -0.05) is 11.6 Å². The number of nitrogens with two attached hydrogens (primary N) is 1. The van der Waals surface area contributed by atoms with Gasteiger partial charge < -0.3 is 15.0 Å². The van der Waals surface area contributed by atoms with E-state index in [2.05, 4.69) is 5.16 Å². The van der Waals surface area contributed by atoms with Crippen LogP contribution in [0.1, 0.15) is 6.42 Å². The Morgan fingerprint density at radius 1 is 1.56 bits per heavy atom. The number of aromatic nitrogens is 1. The second-order valence-corrected chi connectivity index (χ2v) is 4.00. The zero-order valence-electron chi connectivity index (χ0n) is 9.30. The Hall–Kier alpha value is -1.48. The number of nitriles is 1. The highest BCUT2D eigenvalue weighted by Gasteiger charge is 2.11. The second-order valence-electron chi connectivity index (χ2n) is 3.56. The molecule has 0 fully saturated rings. The fourth-order valence-corrected chi connectivity index (χ4v) is 1.53. The smallest absolute Gasteiger partial charge is 0.262 e. The van der Waals surface area contributed by atoms with E-state index in [0.717, 1.165) is 0 Å². The quantitative estimate of drug-likeness (QED) is 0.934. The van der Waals surface area contributed by atoms with Gasteiger partial charge in [-0.15, -0.1) is 12.4 Å². The molecule has 2 aromatic rings. The van der Waals surface area contributed by atoms with Crippen molar-refractivity contribution in [2.45, 2.75) is 12.5 Å². The molecule has 7 heteroatoms. The molecule has 1 aromatic heterocycles. The van der Waals surface area contributed by atoms with Crippen LogP contribution in [-0.4, -0.2) is 17.8 Å². The zero-order chi connectivity index (χ0) is 12.3. The van der Waals surface area contributed by atoms with Crippen LogP contribution in [0.3, 0.4) is 0 Å². The molecule has 0 saturated carbocycles. The molecule has 0 saturated heterocycles. The van der Waals surface area contributed by atoms with E-state index in [4.69, 9.17) is 31.9 Å². The van der Waals surface area contributed by atoms with E-state index in [9.17, 15) is 0 Å². The maximum atomic E-state index is 8.46. The molecule has 0 radical (unpaired) electrons. The van der Waals surface area contributed by atoms with Crippen LogP contribution in [0.25, 0.3) is 11.0 Å². The lowest BCUT2D eigenvalue weighted by Gasteiger charge is -2.07. The van der Waals surface area contributed by atoms with Gasteiger partial charge in [0.1, 0.15) is 6.61 Å². The van der Waals surface area contributed by atoms with Crippen LogP contribution in [0, 0.1) is 11.3 Å². The lowest BCUT2D eigenvalue weighted by molar-refractivity contribution is 0.264. The highest BCUT2D eigenvalue weighted by atomic mass is 35.5. The third-order valence-corrected chi connectivity index (χ3v) is 2.42. The molecular weight excluding hydrogens is 277 g/mol. The van der Waals surface area contributed by atoms with Crippen LogP contribution in [0.2, 0.25) is 5.02 Å². The molecule has 0 aliphatic rings. The summed E-state index contributed by atoms with van der Waals surface area (Å²) in [6.07, 6.45) is 0.233. The number of fused-ring (bicyclic) bond motifs is 1. The van der Waals surface area contributed by atoms with Crippen molar-refractivity contribution in [1.29, 1.82) is 5.26 Å². The molecule has 0 bridgehead atoms. The van der Waals surface area contributed by atoms with Crippen molar-refractivity contribution in [1.82, 2.24) is 5.16 Å². The minimum atomic E-state index is -0.342. The lowest BCUT2D eigenvalue weighted by Crippen LogP contribution is -2.27. The minimum Gasteiger partial charge on any atom is -0.473 e. The Bertz CT molecular complexity index is 565. The van der Waals surface area contributed by atoms with Gasteiger partial charge in [0.05, 0.1) is 23.9 Å². The number of rotatable bonds is 4. The van der Waals surface area contributed by atoms with Gasteiger partial charge in [-0.3, -0.25) is 0 Å². The van der Waals surface area contributed by atoms with Crippen LogP contribution in [0.4, 0.5) is 0 Å². The van der Waals surface area contributed by atoms with Crippen molar-refractivity contribution in [3.8, 4) is 11.9 Å². The summed E-state index contributed by atoms with van der Waals surface area (Å²) in [5.74, 6) is 0.343. The molecule has 1 unspecified atom stereocenters. The Morgan fingerprint density at radius 3 is 3.06 bits per heavy atom. The summed E-state index contributed by atoms with van der Waals surface area (Å²) in [5, 5.41) is 13.5. The molecular formula is C11H11Cl2N3O2. The fraction of sp³-hybridized carbons (Fsp3) is 0.273. The van der Waals surface area contributed by atoms with Crippen molar-refractivity contribution in [2.75, 3.05) is 6.61 Å². The van der Waals surface area contributed by atoms with Gasteiger partial charge in [-0.05, 0) is 23.4 Å². The molecule has 1 aromatic carbocycles. The van der Waals surface area contributed by atoms with Crippen LogP contribution in [0.15, 0.2) is 22.7 Å². The first-order valence-electron chi connectivity index (χ1n) is 5.01. The molecule has 0 aliphatic carbocycles. The normalized spacial score (nSPS) is 11.6. The van der Waals surface area contributed by atoms with Crippen LogP contribution < -0.4 is 10.5 Å². The average molecular weight is 288 g/mol. The number of hydrogen-bond acceptors (Lipinski definition) is 5. The van der Waals surface area contributed by atoms with E-state index >= 15 is 0 Å². The third kappa shape index (κ3) is 3.26. The fourth-order valence-electron chi connectivity index (χ4n) is 1.35. The van der Waals surface area contributed by atoms with Gasteiger partial charge in [0.2, 0.25) is 0 Å². The molecule has 2 rings (SSSR count). The number of benzene rings is 1. The summed E-state index contributed by atoms with van der Waals surface area (Å²) >= 11 is 5.87. The third-order valence-electron chi connectivity index (χ3n) is 2.19. The predicted molar refractivity (Wildman–Crippen MR) is 70.0 cm³/mol. The van der Waals surface area contributed by atoms with E-state index in [0.29, 0.717) is 21.9 Å². The first-order chi connectivity index (χ1) is 8.20. The van der Waals surface area contributed by atoms with Crippen molar-refractivity contribution in [3.63, 3.8) is 0 Å². The molecule has 18 heavy (non-hydrogen) atoms. The first-order valence-corrected chi connectivity index (χ1v) is 5.39. The number of ether oxygens (including phenoxy) is 1. The van der Waals surface area contributed by atoms with Crippen molar-refractivity contribution < 1.29 is 9.26 Å². The summed E-state index contributed by atoms with van der Waals surface area (Å²) < 4.78 is 10.4. The van der Waals surface area contributed by atoms with E-state index < -0.39 is 0 Å². The Labute approximate surface area is 115 Å². The summed E-state index contributed by atoms with van der Waals surface area (Å²) in [5.41, 5.74) is 6.24. The topological polar surface area (TPSA) is 85.1 Å². The summed E-state index contributed by atoms with van der Waals surface area (Å²) in [6, 6.07) is 6.76. The van der Waals surface area contributed by atoms with Crippen LogP contribution in [0.5, 0.6) is 5.88 Å². The van der Waals surface area contributed by atoms with Gasteiger partial charge >= 0.3 is 0 Å². The largest absolute Gasteiger partial charge is 0.473 e. The van der Waals surface area contributed by atoms with E-state index in [-0.39, 0.29) is 31.5 Å². The van der Waals surface area contributed by atoms with Crippen molar-refractivity contribution >= 4 is 35.0 Å². The van der Waals surface area contributed by atoms with Crippen LogP contribution >= 0.6 is 24.0 Å². The molecule has 0 spiro atoms. The van der Waals surface area contributed by atoms with Gasteiger partial charge in [0.25, 0.3) is 5.88 Å². The molecule has 1 atom stereocenters. The number of halogens is 2. The maximum Gasteiger partial charge on any atom is 0.262 e. The summed E-state index contributed by atoms with van der Waals surface area (Å²) in [6.45, 7) is 0.210. The molecule has 96 valence electrons. The molecule has 0 aliphatic heterocycles. The van der Waals surface area contributed by atoms with Crippen LogP contribution in [-0.2, 0) is 0 Å². The highest BCUT2D eigenvalue weighted by Crippen LogP contribution is 2.27. The second kappa shape index (κ2) is 6.45. The Kier molecular flexibility index (Phi) is 5.23. The SMILES string of the molecule is Cl.N#CCC(N)COc1noc2ccc(Cl)cc12. The number of nitrogens with zero attached hydrogens (tertiary/aromatic N) is 2. The number of hydrogen-bond donors (Lipinski definition) is 1. The lowest BCUT2D eigenvalue weighted by atomic mass is 10.2. The van der Waals surface area contributed by atoms with E-state index in [1.54, 1.807) is 18.2 Å². The first kappa shape index (κ1) is 14.6. The minimum absolute atomic E-state index is 0. The van der Waals surface area contributed by atoms with E-state index in [1.165, 1.54) is 0 Å². The molecule has 1 heterocycles. The van der Waals surface area contributed by atoms with Gasteiger partial charge in [-0.25, -0.2) is 0 Å². The molecule has 0 amide bonds. The van der Waals surface area contributed by atoms with Gasteiger partial charge in [-0.2, -0.15) is 5.26 Å².